The van der Waals surface area contributed by atoms with Gasteiger partial charge in [-0.3, -0.25) is 0 Å². The van der Waals surface area contributed by atoms with E-state index in [1.54, 1.807) is 6.92 Å². The van der Waals surface area contributed by atoms with E-state index in [1.165, 1.54) is 0 Å². The Kier molecular flexibility index (Phi) is 6.04. The van der Waals surface area contributed by atoms with Gasteiger partial charge < -0.3 is 5.32 Å². The number of nitrogens with one attached hydrogen (secondary N) is 1. The molecule has 0 aromatic carbocycles. The smallest absolute Gasteiger partial charge is 0.151 e. The van der Waals surface area contributed by atoms with Crippen molar-refractivity contribution in [2.75, 3.05) is 11.5 Å². The van der Waals surface area contributed by atoms with E-state index < -0.39 is 9.84 Å². The van der Waals surface area contributed by atoms with Crippen LogP contribution in [0.2, 0.25) is 0 Å². The number of hydrogen-bond acceptors (Lipinski definition) is 3. The molecule has 0 bridgehead atoms. The Morgan fingerprint density at radius 3 is 2.36 bits per heavy atom. The van der Waals surface area contributed by atoms with Gasteiger partial charge in [0, 0.05) is 17.8 Å². The van der Waals surface area contributed by atoms with Gasteiger partial charge in [-0.1, -0.05) is 13.0 Å². The molecule has 0 aromatic rings. The first-order valence-corrected chi connectivity index (χ1v) is 6.80. The lowest BCUT2D eigenvalue weighted by Gasteiger charge is -2.18. The maximum atomic E-state index is 11.3. The van der Waals surface area contributed by atoms with Crippen molar-refractivity contribution in [3.63, 3.8) is 0 Å². The predicted octanol–water partition coefficient (Wildman–Crippen LogP) is 1.36. The van der Waals surface area contributed by atoms with Crippen LogP contribution in [0.3, 0.4) is 0 Å². The summed E-state index contributed by atoms with van der Waals surface area (Å²) in [4.78, 5) is 0. The SMILES string of the molecule is C=CCC(C)NC(C)CS(=O)(=O)CC. The molecule has 84 valence electrons. The van der Waals surface area contributed by atoms with Crippen molar-refractivity contribution in [2.24, 2.45) is 0 Å². The average Bonchev–Trinajstić information content (AvgIpc) is 2.03. The molecule has 0 spiro atoms. The quantitative estimate of drug-likeness (QED) is 0.658. The molecule has 0 aliphatic carbocycles. The molecule has 0 aliphatic rings. The highest BCUT2D eigenvalue weighted by Gasteiger charge is 2.14. The zero-order chi connectivity index (χ0) is 11.2. The van der Waals surface area contributed by atoms with Crippen LogP contribution in [0, 0.1) is 0 Å². The Hall–Kier alpha value is -0.350. The summed E-state index contributed by atoms with van der Waals surface area (Å²) in [5.74, 6) is 0.430. The molecule has 0 amide bonds. The summed E-state index contributed by atoms with van der Waals surface area (Å²) in [6.45, 7) is 9.24. The van der Waals surface area contributed by atoms with Gasteiger partial charge in [0.05, 0.1) is 5.75 Å². The van der Waals surface area contributed by atoms with Crippen LogP contribution >= 0.6 is 0 Å². The van der Waals surface area contributed by atoms with Gasteiger partial charge in [0.1, 0.15) is 0 Å². The summed E-state index contributed by atoms with van der Waals surface area (Å²) in [6.07, 6.45) is 2.69. The van der Waals surface area contributed by atoms with Gasteiger partial charge >= 0.3 is 0 Å². The molecule has 0 rings (SSSR count). The van der Waals surface area contributed by atoms with E-state index in [0.29, 0.717) is 0 Å². The van der Waals surface area contributed by atoms with Crippen molar-refractivity contribution in [1.82, 2.24) is 5.32 Å². The largest absolute Gasteiger partial charge is 0.310 e. The first kappa shape index (κ1) is 13.7. The topological polar surface area (TPSA) is 46.2 Å². The molecular weight excluding hydrogens is 198 g/mol. The van der Waals surface area contributed by atoms with E-state index in [0.717, 1.165) is 6.42 Å². The van der Waals surface area contributed by atoms with Crippen LogP contribution < -0.4 is 5.32 Å². The van der Waals surface area contributed by atoms with E-state index in [2.05, 4.69) is 11.9 Å². The first-order chi connectivity index (χ1) is 6.41. The first-order valence-electron chi connectivity index (χ1n) is 4.98. The normalized spacial score (nSPS) is 16.2. The summed E-state index contributed by atoms with van der Waals surface area (Å²) < 4.78 is 22.6. The predicted molar refractivity (Wildman–Crippen MR) is 61.2 cm³/mol. The summed E-state index contributed by atoms with van der Waals surface area (Å²) in [5, 5.41) is 3.22. The van der Waals surface area contributed by atoms with Crippen molar-refractivity contribution in [3.05, 3.63) is 12.7 Å². The van der Waals surface area contributed by atoms with Crippen LogP contribution in [0.15, 0.2) is 12.7 Å². The lowest BCUT2D eigenvalue weighted by molar-refractivity contribution is 0.489. The molecule has 0 aromatic heterocycles. The van der Waals surface area contributed by atoms with Crippen LogP contribution in [0.25, 0.3) is 0 Å². The van der Waals surface area contributed by atoms with Gasteiger partial charge in [-0.15, -0.1) is 6.58 Å². The number of hydrogen-bond donors (Lipinski definition) is 1. The third-order valence-electron chi connectivity index (χ3n) is 2.03. The van der Waals surface area contributed by atoms with Gasteiger partial charge in [0.15, 0.2) is 9.84 Å². The van der Waals surface area contributed by atoms with Crippen molar-refractivity contribution >= 4 is 9.84 Å². The highest BCUT2D eigenvalue weighted by atomic mass is 32.2. The Morgan fingerprint density at radius 1 is 1.36 bits per heavy atom. The Bertz CT molecular complexity index is 259. The van der Waals surface area contributed by atoms with E-state index in [4.69, 9.17) is 0 Å². The molecule has 0 radical (unpaired) electrons. The maximum Gasteiger partial charge on any atom is 0.151 e. The molecule has 1 N–H and O–H groups in total. The monoisotopic (exact) mass is 219 g/mol. The Balaban J connectivity index is 3.98. The molecule has 2 unspecified atom stereocenters. The minimum absolute atomic E-state index is 0.00917. The fourth-order valence-electron chi connectivity index (χ4n) is 1.35. The molecule has 0 aliphatic heterocycles. The molecule has 0 saturated carbocycles. The molecule has 2 atom stereocenters. The fourth-order valence-corrected chi connectivity index (χ4v) is 2.44. The molecule has 0 saturated heterocycles. The molecule has 3 nitrogen and oxygen atoms in total. The zero-order valence-electron chi connectivity index (χ0n) is 9.29. The van der Waals surface area contributed by atoms with E-state index in [-0.39, 0.29) is 23.6 Å². The standard InChI is InChI=1S/C10H21NO2S/c1-5-7-9(3)11-10(4)8-14(12,13)6-2/h5,9-11H,1,6-8H2,2-4H3. The Labute approximate surface area is 87.5 Å². The summed E-state index contributed by atoms with van der Waals surface area (Å²) in [5.41, 5.74) is 0. The number of rotatable bonds is 7. The van der Waals surface area contributed by atoms with Crippen molar-refractivity contribution < 1.29 is 8.42 Å². The van der Waals surface area contributed by atoms with Gasteiger partial charge in [-0.25, -0.2) is 8.42 Å². The van der Waals surface area contributed by atoms with Crippen molar-refractivity contribution in [3.8, 4) is 0 Å². The average molecular weight is 219 g/mol. The molecule has 0 fully saturated rings. The lowest BCUT2D eigenvalue weighted by Crippen LogP contribution is -2.39. The Morgan fingerprint density at radius 2 is 1.93 bits per heavy atom. The van der Waals surface area contributed by atoms with E-state index in [9.17, 15) is 8.42 Å². The minimum Gasteiger partial charge on any atom is -0.310 e. The number of sulfone groups is 1. The second-order valence-corrected chi connectivity index (χ2v) is 6.09. The second kappa shape index (κ2) is 6.19. The molecule has 14 heavy (non-hydrogen) atoms. The molecule has 0 heterocycles. The molecule has 4 heteroatoms. The lowest BCUT2D eigenvalue weighted by atomic mass is 10.2. The van der Waals surface area contributed by atoms with Gasteiger partial charge in [0.25, 0.3) is 0 Å². The second-order valence-electron chi connectivity index (χ2n) is 3.69. The van der Waals surface area contributed by atoms with Crippen LogP contribution in [0.1, 0.15) is 27.2 Å². The van der Waals surface area contributed by atoms with E-state index >= 15 is 0 Å². The summed E-state index contributed by atoms with van der Waals surface area (Å²) in [6, 6.07) is 0.296. The van der Waals surface area contributed by atoms with Gasteiger partial charge in [-0.2, -0.15) is 0 Å². The van der Waals surface area contributed by atoms with Crippen LogP contribution in [-0.2, 0) is 9.84 Å². The third-order valence-corrected chi connectivity index (χ3v) is 3.92. The summed E-state index contributed by atoms with van der Waals surface area (Å²) >= 11 is 0. The van der Waals surface area contributed by atoms with Crippen molar-refractivity contribution in [2.45, 2.75) is 39.3 Å². The fraction of sp³-hybridized carbons (Fsp3) is 0.800. The van der Waals surface area contributed by atoms with Gasteiger partial charge in [0.2, 0.25) is 0 Å². The van der Waals surface area contributed by atoms with Crippen LogP contribution in [-0.4, -0.2) is 32.0 Å². The zero-order valence-corrected chi connectivity index (χ0v) is 10.1. The third kappa shape index (κ3) is 6.16. The highest BCUT2D eigenvalue weighted by molar-refractivity contribution is 7.91. The summed E-state index contributed by atoms with van der Waals surface area (Å²) in [7, 11) is -2.87. The van der Waals surface area contributed by atoms with E-state index in [1.807, 2.05) is 19.9 Å². The molecular formula is C10H21NO2S. The minimum atomic E-state index is -2.87. The maximum absolute atomic E-state index is 11.3. The van der Waals surface area contributed by atoms with Gasteiger partial charge in [-0.05, 0) is 20.3 Å². The highest BCUT2D eigenvalue weighted by Crippen LogP contribution is 1.98. The van der Waals surface area contributed by atoms with Crippen LogP contribution in [0.4, 0.5) is 0 Å². The van der Waals surface area contributed by atoms with Crippen molar-refractivity contribution in [1.29, 1.82) is 0 Å². The van der Waals surface area contributed by atoms with Crippen LogP contribution in [0.5, 0.6) is 0 Å².